The second kappa shape index (κ2) is 5.47. The number of H-pyrrole nitrogens is 1. The van der Waals surface area contributed by atoms with Gasteiger partial charge in [-0.15, -0.1) is 11.3 Å². The number of anilines is 1. The molecule has 2 aromatic heterocycles. The van der Waals surface area contributed by atoms with Crippen molar-refractivity contribution in [3.63, 3.8) is 0 Å². The first-order chi connectivity index (χ1) is 12.9. The van der Waals surface area contributed by atoms with Crippen molar-refractivity contribution in [1.82, 2.24) is 9.88 Å². The second-order valence-corrected chi connectivity index (χ2v) is 8.08. The predicted molar refractivity (Wildman–Crippen MR) is 108 cm³/mol. The summed E-state index contributed by atoms with van der Waals surface area (Å²) in [5.41, 5.74) is 6.73. The van der Waals surface area contributed by atoms with E-state index in [4.69, 9.17) is 0 Å². The lowest BCUT2D eigenvalue weighted by atomic mass is 9.89. The van der Waals surface area contributed by atoms with Crippen LogP contribution in [0.15, 0.2) is 66.0 Å². The molecule has 6 rings (SSSR count). The average Bonchev–Trinajstić information content (AvgIpc) is 3.34. The number of thiophene rings is 1. The fourth-order valence-electron chi connectivity index (χ4n) is 4.65. The van der Waals surface area contributed by atoms with Gasteiger partial charge in [0.1, 0.15) is 6.17 Å². The van der Waals surface area contributed by atoms with Gasteiger partial charge >= 0.3 is 0 Å². The van der Waals surface area contributed by atoms with Crippen molar-refractivity contribution in [3.05, 3.63) is 87.7 Å². The maximum atomic E-state index is 3.79. The molecule has 0 saturated heterocycles. The Bertz CT molecular complexity index is 1100. The van der Waals surface area contributed by atoms with Gasteiger partial charge in [-0.05, 0) is 41.1 Å². The van der Waals surface area contributed by atoms with E-state index in [1.807, 2.05) is 11.3 Å². The first-order valence-corrected chi connectivity index (χ1v) is 10.0. The number of nitrogens with zero attached hydrogens (tertiary/aromatic N) is 1. The number of benzene rings is 2. The van der Waals surface area contributed by atoms with E-state index < -0.39 is 0 Å². The Morgan fingerprint density at radius 1 is 0.962 bits per heavy atom. The molecule has 0 amide bonds. The molecule has 2 aliphatic rings. The number of nitrogens with one attached hydrogen (secondary N) is 2. The third-order valence-electron chi connectivity index (χ3n) is 5.76. The second-order valence-electron chi connectivity index (χ2n) is 7.10. The van der Waals surface area contributed by atoms with Gasteiger partial charge in [0, 0.05) is 33.7 Å². The summed E-state index contributed by atoms with van der Waals surface area (Å²) in [6.45, 7) is 1.06. The maximum absolute atomic E-state index is 3.79. The molecule has 2 aliphatic heterocycles. The van der Waals surface area contributed by atoms with Crippen molar-refractivity contribution in [3.8, 4) is 0 Å². The third kappa shape index (κ3) is 1.97. The molecule has 0 aliphatic carbocycles. The highest BCUT2D eigenvalue weighted by atomic mass is 32.1. The molecule has 3 nitrogen and oxygen atoms in total. The monoisotopic (exact) mass is 357 g/mol. The van der Waals surface area contributed by atoms with Crippen LogP contribution in [0.3, 0.4) is 0 Å². The summed E-state index contributed by atoms with van der Waals surface area (Å²) in [4.78, 5) is 7.75. The summed E-state index contributed by atoms with van der Waals surface area (Å²) < 4.78 is 0. The quantitative estimate of drug-likeness (QED) is 0.484. The molecule has 0 radical (unpaired) electrons. The molecule has 2 aromatic carbocycles. The van der Waals surface area contributed by atoms with E-state index in [0.29, 0.717) is 0 Å². The SMILES string of the molecule is c1csc(C2Nc3ccccc3C3c4[nH]c5ccccc5c4CCN23)c1. The van der Waals surface area contributed by atoms with Gasteiger partial charge in [0.2, 0.25) is 0 Å². The highest BCUT2D eigenvalue weighted by Crippen LogP contribution is 2.48. The van der Waals surface area contributed by atoms with Crippen LogP contribution in [0.5, 0.6) is 0 Å². The summed E-state index contributed by atoms with van der Waals surface area (Å²) in [5.74, 6) is 0. The zero-order chi connectivity index (χ0) is 17.1. The highest BCUT2D eigenvalue weighted by molar-refractivity contribution is 7.10. The molecule has 4 heteroatoms. The van der Waals surface area contributed by atoms with Crippen LogP contribution in [-0.2, 0) is 6.42 Å². The molecule has 2 unspecified atom stereocenters. The largest absolute Gasteiger partial charge is 0.365 e. The molecular formula is C22H19N3S. The molecule has 2 atom stereocenters. The Morgan fingerprint density at radius 2 is 1.85 bits per heavy atom. The lowest BCUT2D eigenvalue weighted by Gasteiger charge is -2.46. The molecule has 26 heavy (non-hydrogen) atoms. The zero-order valence-corrected chi connectivity index (χ0v) is 15.1. The molecular weight excluding hydrogens is 338 g/mol. The van der Waals surface area contributed by atoms with Gasteiger partial charge in [0.25, 0.3) is 0 Å². The van der Waals surface area contributed by atoms with Crippen LogP contribution < -0.4 is 5.32 Å². The van der Waals surface area contributed by atoms with Crippen molar-refractivity contribution in [2.24, 2.45) is 0 Å². The van der Waals surface area contributed by atoms with Gasteiger partial charge in [-0.1, -0.05) is 42.5 Å². The summed E-state index contributed by atoms with van der Waals surface area (Å²) in [6, 6.07) is 22.1. The standard InChI is InChI=1S/C22H19N3S/c1-3-8-17-14(6-1)15-11-12-25-21(20(15)23-17)16-7-2-4-9-18(16)24-22(25)19-10-5-13-26-19/h1-10,13,21-24H,11-12H2. The molecule has 4 heterocycles. The molecule has 0 fully saturated rings. The minimum Gasteiger partial charge on any atom is -0.365 e. The van der Waals surface area contributed by atoms with Crippen LogP contribution in [0.25, 0.3) is 10.9 Å². The Kier molecular flexibility index (Phi) is 3.07. The van der Waals surface area contributed by atoms with Crippen molar-refractivity contribution in [2.75, 3.05) is 11.9 Å². The smallest absolute Gasteiger partial charge is 0.116 e. The van der Waals surface area contributed by atoms with Crippen LogP contribution in [0.2, 0.25) is 0 Å². The Balaban J connectivity index is 1.59. The van der Waals surface area contributed by atoms with E-state index in [-0.39, 0.29) is 12.2 Å². The normalized spacial score (nSPS) is 21.7. The molecule has 0 saturated carbocycles. The fraction of sp³-hybridized carbons (Fsp3) is 0.182. The van der Waals surface area contributed by atoms with E-state index in [2.05, 4.69) is 81.2 Å². The van der Waals surface area contributed by atoms with E-state index in [1.54, 1.807) is 0 Å². The number of aromatic amines is 1. The minimum absolute atomic E-state index is 0.231. The van der Waals surface area contributed by atoms with Gasteiger partial charge in [0.15, 0.2) is 0 Å². The summed E-state index contributed by atoms with van der Waals surface area (Å²) >= 11 is 1.83. The number of para-hydroxylation sites is 2. The Morgan fingerprint density at radius 3 is 2.77 bits per heavy atom. The molecule has 128 valence electrons. The lowest BCUT2D eigenvalue weighted by Crippen LogP contribution is -2.44. The number of fused-ring (bicyclic) bond motifs is 7. The highest BCUT2D eigenvalue weighted by Gasteiger charge is 2.40. The summed E-state index contributed by atoms with van der Waals surface area (Å²) in [7, 11) is 0. The van der Waals surface area contributed by atoms with Gasteiger partial charge < -0.3 is 10.3 Å². The van der Waals surface area contributed by atoms with Crippen LogP contribution in [0.1, 0.15) is 33.9 Å². The summed E-state index contributed by atoms with van der Waals surface area (Å²) in [6.07, 6.45) is 1.32. The van der Waals surface area contributed by atoms with Crippen LogP contribution in [-0.4, -0.2) is 16.4 Å². The van der Waals surface area contributed by atoms with Gasteiger partial charge in [-0.3, -0.25) is 4.90 Å². The fourth-order valence-corrected chi connectivity index (χ4v) is 5.44. The third-order valence-corrected chi connectivity index (χ3v) is 6.69. The average molecular weight is 357 g/mol. The van der Waals surface area contributed by atoms with Crippen molar-refractivity contribution < 1.29 is 0 Å². The Hall–Kier alpha value is -2.56. The minimum atomic E-state index is 0.231. The topological polar surface area (TPSA) is 31.1 Å². The lowest BCUT2D eigenvalue weighted by molar-refractivity contribution is 0.154. The van der Waals surface area contributed by atoms with Crippen molar-refractivity contribution >= 4 is 27.9 Å². The van der Waals surface area contributed by atoms with E-state index in [1.165, 1.54) is 38.3 Å². The van der Waals surface area contributed by atoms with Crippen LogP contribution >= 0.6 is 11.3 Å². The molecule has 2 N–H and O–H groups in total. The van der Waals surface area contributed by atoms with E-state index >= 15 is 0 Å². The first kappa shape index (κ1) is 14.6. The van der Waals surface area contributed by atoms with Gasteiger partial charge in [0.05, 0.1) is 6.04 Å². The predicted octanol–water partition coefficient (Wildman–Crippen LogP) is 5.30. The zero-order valence-electron chi connectivity index (χ0n) is 14.3. The van der Waals surface area contributed by atoms with Crippen LogP contribution in [0.4, 0.5) is 5.69 Å². The molecule has 0 spiro atoms. The van der Waals surface area contributed by atoms with E-state index in [9.17, 15) is 0 Å². The van der Waals surface area contributed by atoms with Crippen molar-refractivity contribution in [2.45, 2.75) is 18.6 Å². The summed E-state index contributed by atoms with van der Waals surface area (Å²) in [5, 5.41) is 7.34. The molecule has 0 bridgehead atoms. The Labute approximate surface area is 156 Å². The number of hydrogen-bond donors (Lipinski definition) is 2. The van der Waals surface area contributed by atoms with Crippen molar-refractivity contribution in [1.29, 1.82) is 0 Å². The maximum Gasteiger partial charge on any atom is 0.116 e. The molecule has 4 aromatic rings. The van der Waals surface area contributed by atoms with Gasteiger partial charge in [-0.25, -0.2) is 0 Å². The number of hydrogen-bond acceptors (Lipinski definition) is 3. The van der Waals surface area contributed by atoms with E-state index in [0.717, 1.165) is 13.0 Å². The van der Waals surface area contributed by atoms with Gasteiger partial charge in [-0.2, -0.15) is 0 Å². The number of aromatic nitrogens is 1. The van der Waals surface area contributed by atoms with Crippen LogP contribution in [0, 0.1) is 0 Å². The first-order valence-electron chi connectivity index (χ1n) is 9.14. The number of rotatable bonds is 1.